The molecule has 2 heterocycles. The highest BCUT2D eigenvalue weighted by Crippen LogP contribution is 2.14. The highest BCUT2D eigenvalue weighted by atomic mass is 16.5. The molecule has 1 aliphatic heterocycles. The van der Waals surface area contributed by atoms with E-state index in [0.29, 0.717) is 13.2 Å². The summed E-state index contributed by atoms with van der Waals surface area (Å²) in [7, 11) is 0. The van der Waals surface area contributed by atoms with Crippen molar-refractivity contribution in [2.24, 2.45) is 0 Å². The van der Waals surface area contributed by atoms with Crippen molar-refractivity contribution in [3.63, 3.8) is 0 Å². The van der Waals surface area contributed by atoms with E-state index in [4.69, 9.17) is 4.74 Å². The third kappa shape index (κ3) is 4.69. The number of benzene rings is 1. The molecule has 1 saturated heterocycles. The molecule has 1 unspecified atom stereocenters. The molecule has 1 aliphatic rings. The number of nitrogens with zero attached hydrogens (tertiary/aromatic N) is 3. The average molecular weight is 327 g/mol. The summed E-state index contributed by atoms with van der Waals surface area (Å²) in [4.78, 5) is 8.96. The zero-order valence-electron chi connectivity index (χ0n) is 14.1. The molecule has 3 rings (SSSR count). The second-order valence-electron chi connectivity index (χ2n) is 6.26. The van der Waals surface area contributed by atoms with E-state index < -0.39 is 6.10 Å². The number of aryl methyl sites for hydroxylation is 1. The molecule has 1 N–H and O–H groups in total. The monoisotopic (exact) mass is 327 g/mol. The average Bonchev–Trinajstić information content (AvgIpc) is 2.61. The van der Waals surface area contributed by atoms with Crippen LogP contribution in [0.1, 0.15) is 5.56 Å². The molecule has 5 heteroatoms. The van der Waals surface area contributed by atoms with E-state index in [1.165, 1.54) is 0 Å². The van der Waals surface area contributed by atoms with Crippen LogP contribution in [-0.4, -0.2) is 60.4 Å². The number of hydrogen-bond acceptors (Lipinski definition) is 5. The van der Waals surface area contributed by atoms with Crippen LogP contribution < -0.4 is 9.64 Å². The van der Waals surface area contributed by atoms with Crippen molar-refractivity contribution in [2.75, 3.05) is 44.2 Å². The maximum atomic E-state index is 10.2. The Morgan fingerprint density at radius 2 is 1.96 bits per heavy atom. The van der Waals surface area contributed by atoms with Crippen molar-refractivity contribution in [2.45, 2.75) is 13.0 Å². The van der Waals surface area contributed by atoms with Crippen molar-refractivity contribution in [3.8, 4) is 5.75 Å². The van der Waals surface area contributed by atoms with Gasteiger partial charge in [0.25, 0.3) is 0 Å². The molecule has 24 heavy (non-hydrogen) atoms. The summed E-state index contributed by atoms with van der Waals surface area (Å²) < 4.78 is 5.68. The highest BCUT2D eigenvalue weighted by Gasteiger charge is 2.20. The minimum absolute atomic E-state index is 0.323. The molecular formula is C19H25N3O2. The van der Waals surface area contributed by atoms with Gasteiger partial charge in [-0.3, -0.25) is 4.90 Å². The van der Waals surface area contributed by atoms with Gasteiger partial charge in [-0.2, -0.15) is 0 Å². The van der Waals surface area contributed by atoms with Crippen molar-refractivity contribution < 1.29 is 9.84 Å². The van der Waals surface area contributed by atoms with Crippen molar-refractivity contribution in [1.82, 2.24) is 9.88 Å². The number of aliphatic hydroxyl groups excluding tert-OH is 1. The normalized spacial score (nSPS) is 16.8. The smallest absolute Gasteiger partial charge is 0.128 e. The Balaban J connectivity index is 1.41. The van der Waals surface area contributed by atoms with Gasteiger partial charge < -0.3 is 14.7 Å². The van der Waals surface area contributed by atoms with Crippen LogP contribution in [-0.2, 0) is 0 Å². The lowest BCUT2D eigenvalue weighted by atomic mass is 10.2. The molecule has 1 aromatic carbocycles. The lowest BCUT2D eigenvalue weighted by Gasteiger charge is -2.36. The second-order valence-corrected chi connectivity index (χ2v) is 6.26. The van der Waals surface area contributed by atoms with E-state index >= 15 is 0 Å². The molecular weight excluding hydrogens is 302 g/mol. The van der Waals surface area contributed by atoms with Gasteiger partial charge in [-0.15, -0.1) is 0 Å². The van der Waals surface area contributed by atoms with Crippen LogP contribution >= 0.6 is 0 Å². The van der Waals surface area contributed by atoms with Gasteiger partial charge in [0.05, 0.1) is 0 Å². The molecule has 0 amide bonds. The molecule has 2 aromatic rings. The third-order valence-corrected chi connectivity index (χ3v) is 4.25. The molecule has 1 aromatic heterocycles. The summed E-state index contributed by atoms with van der Waals surface area (Å²) in [5.74, 6) is 1.84. The zero-order valence-corrected chi connectivity index (χ0v) is 14.1. The van der Waals surface area contributed by atoms with Crippen LogP contribution in [0.3, 0.4) is 0 Å². The van der Waals surface area contributed by atoms with Gasteiger partial charge in [-0.25, -0.2) is 4.98 Å². The van der Waals surface area contributed by atoms with E-state index in [9.17, 15) is 5.11 Å². The maximum absolute atomic E-state index is 10.2. The number of pyridine rings is 1. The van der Waals surface area contributed by atoms with E-state index in [-0.39, 0.29) is 0 Å². The Bertz CT molecular complexity index is 628. The Morgan fingerprint density at radius 1 is 1.12 bits per heavy atom. The molecule has 128 valence electrons. The number of aliphatic hydroxyl groups is 1. The molecule has 0 saturated carbocycles. The second kappa shape index (κ2) is 8.13. The van der Waals surface area contributed by atoms with E-state index in [2.05, 4.69) is 14.8 Å². The Morgan fingerprint density at radius 3 is 2.67 bits per heavy atom. The van der Waals surface area contributed by atoms with Gasteiger partial charge in [-0.05, 0) is 36.8 Å². The van der Waals surface area contributed by atoms with E-state index in [1.54, 1.807) is 0 Å². The van der Waals surface area contributed by atoms with Gasteiger partial charge in [0.1, 0.15) is 24.3 Å². The first-order chi connectivity index (χ1) is 11.7. The minimum Gasteiger partial charge on any atom is -0.491 e. The first kappa shape index (κ1) is 16.7. The Hall–Kier alpha value is -2.11. The number of anilines is 1. The van der Waals surface area contributed by atoms with Crippen molar-refractivity contribution >= 4 is 5.82 Å². The molecule has 0 spiro atoms. The zero-order chi connectivity index (χ0) is 16.8. The van der Waals surface area contributed by atoms with Crippen LogP contribution in [0.2, 0.25) is 0 Å². The number of piperazine rings is 1. The number of rotatable bonds is 6. The number of aromatic nitrogens is 1. The summed E-state index contributed by atoms with van der Waals surface area (Å²) in [5.41, 5.74) is 1.16. The number of ether oxygens (including phenoxy) is 1. The van der Waals surface area contributed by atoms with Crippen molar-refractivity contribution in [1.29, 1.82) is 0 Å². The van der Waals surface area contributed by atoms with Crippen LogP contribution in [0, 0.1) is 6.92 Å². The third-order valence-electron chi connectivity index (χ3n) is 4.25. The van der Waals surface area contributed by atoms with Crippen LogP contribution in [0.4, 0.5) is 5.82 Å². The van der Waals surface area contributed by atoms with Crippen LogP contribution in [0.5, 0.6) is 5.75 Å². The fourth-order valence-electron chi connectivity index (χ4n) is 2.95. The predicted molar refractivity (Wildman–Crippen MR) is 95.6 cm³/mol. The lowest BCUT2D eigenvalue weighted by Crippen LogP contribution is -2.49. The van der Waals surface area contributed by atoms with E-state index in [0.717, 1.165) is 43.3 Å². The molecule has 1 atom stereocenters. The van der Waals surface area contributed by atoms with Gasteiger partial charge >= 0.3 is 0 Å². The lowest BCUT2D eigenvalue weighted by molar-refractivity contribution is 0.0662. The fraction of sp³-hybridized carbons (Fsp3) is 0.421. The standard InChI is InChI=1S/C19H25N3O2/c1-16-5-4-6-18(13-16)24-15-17(23)14-21-9-11-22(12-10-21)19-7-2-3-8-20-19/h2-8,13,17,23H,9-12,14-15H2,1H3. The molecule has 5 nitrogen and oxygen atoms in total. The van der Waals surface area contributed by atoms with E-state index in [1.807, 2.05) is 55.6 Å². The van der Waals surface area contributed by atoms with Gasteiger partial charge in [0.15, 0.2) is 0 Å². The van der Waals surface area contributed by atoms with Crippen LogP contribution in [0.25, 0.3) is 0 Å². The maximum Gasteiger partial charge on any atom is 0.128 e. The quantitative estimate of drug-likeness (QED) is 0.879. The molecule has 0 aliphatic carbocycles. The van der Waals surface area contributed by atoms with Crippen LogP contribution in [0.15, 0.2) is 48.7 Å². The summed E-state index contributed by atoms with van der Waals surface area (Å²) in [6, 6.07) is 13.9. The molecule has 1 fully saturated rings. The minimum atomic E-state index is -0.480. The van der Waals surface area contributed by atoms with Gasteiger partial charge in [0.2, 0.25) is 0 Å². The highest BCUT2D eigenvalue weighted by molar-refractivity contribution is 5.38. The topological polar surface area (TPSA) is 48.8 Å². The first-order valence-electron chi connectivity index (χ1n) is 8.46. The first-order valence-corrected chi connectivity index (χ1v) is 8.46. The molecule has 0 radical (unpaired) electrons. The Labute approximate surface area is 143 Å². The predicted octanol–water partition coefficient (Wildman–Crippen LogP) is 1.95. The summed E-state index contributed by atoms with van der Waals surface area (Å²) >= 11 is 0. The van der Waals surface area contributed by atoms with Gasteiger partial charge in [-0.1, -0.05) is 18.2 Å². The summed E-state index contributed by atoms with van der Waals surface area (Å²) in [6.45, 7) is 6.72. The molecule has 0 bridgehead atoms. The number of hydrogen-bond donors (Lipinski definition) is 1. The largest absolute Gasteiger partial charge is 0.491 e. The fourth-order valence-corrected chi connectivity index (χ4v) is 2.95. The Kier molecular flexibility index (Phi) is 5.67. The summed E-state index contributed by atoms with van der Waals surface area (Å²) in [6.07, 6.45) is 1.35. The number of β-amino-alcohol motifs (C(OH)–C–C–N with tert-alkyl or cyclic N) is 1. The SMILES string of the molecule is Cc1cccc(OCC(O)CN2CCN(c3ccccn3)CC2)c1. The summed E-state index contributed by atoms with van der Waals surface area (Å²) in [5, 5.41) is 10.2. The van der Waals surface area contributed by atoms with Gasteiger partial charge in [0, 0.05) is 38.9 Å². The van der Waals surface area contributed by atoms with Crippen molar-refractivity contribution in [3.05, 3.63) is 54.2 Å².